The standard InChI is InChI=1S/C13H12FNO3/c1-7-4-5-9(14)6-10(7)12-11(13(16)17-3)8(2)18-15-12/h4-6H,1-3H3. The van der Waals surface area contributed by atoms with Gasteiger partial charge >= 0.3 is 5.97 Å². The van der Waals surface area contributed by atoms with Crippen molar-refractivity contribution in [2.24, 2.45) is 0 Å². The number of hydrogen-bond donors (Lipinski definition) is 0. The third-order valence-electron chi connectivity index (χ3n) is 2.71. The van der Waals surface area contributed by atoms with E-state index in [1.165, 1.54) is 19.2 Å². The van der Waals surface area contributed by atoms with E-state index in [0.717, 1.165) is 5.56 Å². The molecular weight excluding hydrogens is 237 g/mol. The predicted molar refractivity (Wildman–Crippen MR) is 62.7 cm³/mol. The Morgan fingerprint density at radius 1 is 1.39 bits per heavy atom. The summed E-state index contributed by atoms with van der Waals surface area (Å²) in [6.07, 6.45) is 0. The number of ether oxygens (including phenoxy) is 1. The number of halogens is 1. The van der Waals surface area contributed by atoms with Gasteiger partial charge in [-0.1, -0.05) is 11.2 Å². The number of methoxy groups -OCH3 is 1. The first kappa shape index (κ1) is 12.3. The largest absolute Gasteiger partial charge is 0.465 e. The lowest BCUT2D eigenvalue weighted by Crippen LogP contribution is -2.04. The van der Waals surface area contributed by atoms with Crippen molar-refractivity contribution in [2.45, 2.75) is 13.8 Å². The van der Waals surface area contributed by atoms with E-state index in [9.17, 15) is 9.18 Å². The van der Waals surface area contributed by atoms with Crippen molar-refractivity contribution in [2.75, 3.05) is 7.11 Å². The summed E-state index contributed by atoms with van der Waals surface area (Å²) in [4.78, 5) is 11.7. The Balaban J connectivity index is 2.64. The van der Waals surface area contributed by atoms with Crippen LogP contribution in [0, 0.1) is 19.7 Å². The summed E-state index contributed by atoms with van der Waals surface area (Å²) in [5.41, 5.74) is 1.85. The van der Waals surface area contributed by atoms with Crippen molar-refractivity contribution in [3.05, 3.63) is 40.9 Å². The van der Waals surface area contributed by atoms with Crippen molar-refractivity contribution in [3.63, 3.8) is 0 Å². The Hall–Kier alpha value is -2.17. The van der Waals surface area contributed by atoms with Crippen LogP contribution in [0.25, 0.3) is 11.3 Å². The van der Waals surface area contributed by atoms with Crippen LogP contribution in [0.1, 0.15) is 21.7 Å². The van der Waals surface area contributed by atoms with E-state index in [4.69, 9.17) is 4.52 Å². The second kappa shape index (κ2) is 4.60. The molecule has 0 aliphatic carbocycles. The molecule has 0 aliphatic rings. The van der Waals surface area contributed by atoms with Crippen LogP contribution in [0.5, 0.6) is 0 Å². The zero-order valence-corrected chi connectivity index (χ0v) is 10.3. The average Bonchev–Trinajstić information content (AvgIpc) is 2.73. The summed E-state index contributed by atoms with van der Waals surface area (Å²) in [6.45, 7) is 3.41. The minimum absolute atomic E-state index is 0.228. The first-order chi connectivity index (χ1) is 8.54. The molecule has 1 aromatic carbocycles. The summed E-state index contributed by atoms with van der Waals surface area (Å²) in [6, 6.07) is 4.29. The molecule has 1 aromatic heterocycles. The van der Waals surface area contributed by atoms with Crippen molar-refractivity contribution >= 4 is 5.97 Å². The van der Waals surface area contributed by atoms with E-state index in [-0.39, 0.29) is 5.56 Å². The number of esters is 1. The molecular formula is C13H12FNO3. The summed E-state index contributed by atoms with van der Waals surface area (Å²) in [5.74, 6) is -0.597. The number of aromatic nitrogens is 1. The van der Waals surface area contributed by atoms with Crippen LogP contribution < -0.4 is 0 Å². The van der Waals surface area contributed by atoms with E-state index in [2.05, 4.69) is 9.89 Å². The van der Waals surface area contributed by atoms with Crippen LogP contribution in [-0.2, 0) is 4.74 Å². The molecule has 94 valence electrons. The van der Waals surface area contributed by atoms with Gasteiger partial charge in [0.1, 0.15) is 22.8 Å². The Labute approximate surface area is 103 Å². The zero-order chi connectivity index (χ0) is 13.3. The van der Waals surface area contributed by atoms with E-state index in [1.54, 1.807) is 19.9 Å². The molecule has 0 amide bonds. The molecule has 0 unspecified atom stereocenters. The maximum Gasteiger partial charge on any atom is 0.343 e. The highest BCUT2D eigenvalue weighted by Crippen LogP contribution is 2.29. The minimum Gasteiger partial charge on any atom is -0.465 e. The summed E-state index contributed by atoms with van der Waals surface area (Å²) >= 11 is 0. The number of hydrogen-bond acceptors (Lipinski definition) is 4. The van der Waals surface area contributed by atoms with Gasteiger partial charge in [-0.2, -0.15) is 0 Å². The number of aryl methyl sites for hydroxylation is 2. The maximum atomic E-state index is 13.3. The molecule has 1 heterocycles. The Kier molecular flexibility index (Phi) is 3.14. The topological polar surface area (TPSA) is 52.3 Å². The molecule has 0 saturated heterocycles. The van der Waals surface area contributed by atoms with Crippen LogP contribution >= 0.6 is 0 Å². The zero-order valence-electron chi connectivity index (χ0n) is 10.3. The van der Waals surface area contributed by atoms with Crippen molar-refractivity contribution < 1.29 is 18.4 Å². The van der Waals surface area contributed by atoms with Crippen LogP contribution in [0.3, 0.4) is 0 Å². The molecule has 5 heteroatoms. The molecule has 0 aliphatic heterocycles. The lowest BCUT2D eigenvalue weighted by Gasteiger charge is -2.04. The van der Waals surface area contributed by atoms with E-state index in [1.807, 2.05) is 0 Å². The quantitative estimate of drug-likeness (QED) is 0.768. The number of carbonyl (C=O) groups excluding carboxylic acids is 1. The van der Waals surface area contributed by atoms with Crippen LogP contribution in [0.15, 0.2) is 22.7 Å². The molecule has 2 aromatic rings. The predicted octanol–water partition coefficient (Wildman–Crippen LogP) is 2.88. The molecule has 2 rings (SSSR count). The van der Waals surface area contributed by atoms with E-state index >= 15 is 0 Å². The normalized spacial score (nSPS) is 10.4. The molecule has 0 atom stereocenters. The first-order valence-electron chi connectivity index (χ1n) is 5.35. The van der Waals surface area contributed by atoms with Crippen LogP contribution in [-0.4, -0.2) is 18.2 Å². The smallest absolute Gasteiger partial charge is 0.343 e. The number of benzene rings is 1. The Bertz CT molecular complexity index is 604. The van der Waals surface area contributed by atoms with Gasteiger partial charge in [0.2, 0.25) is 0 Å². The number of carbonyl (C=O) groups is 1. The van der Waals surface area contributed by atoms with Crippen LogP contribution in [0.2, 0.25) is 0 Å². The van der Waals surface area contributed by atoms with Gasteiger partial charge in [-0.3, -0.25) is 0 Å². The van der Waals surface area contributed by atoms with Gasteiger partial charge in [-0.05, 0) is 31.5 Å². The maximum absolute atomic E-state index is 13.3. The van der Waals surface area contributed by atoms with Crippen LogP contribution in [0.4, 0.5) is 4.39 Å². The summed E-state index contributed by atoms with van der Waals surface area (Å²) in [7, 11) is 1.27. The lowest BCUT2D eigenvalue weighted by atomic mass is 10.0. The number of nitrogens with zero attached hydrogens (tertiary/aromatic N) is 1. The highest BCUT2D eigenvalue weighted by Gasteiger charge is 2.23. The lowest BCUT2D eigenvalue weighted by molar-refractivity contribution is 0.0599. The van der Waals surface area contributed by atoms with Crippen molar-refractivity contribution in [1.29, 1.82) is 0 Å². The van der Waals surface area contributed by atoms with Gasteiger partial charge in [0, 0.05) is 5.56 Å². The van der Waals surface area contributed by atoms with Gasteiger partial charge in [-0.15, -0.1) is 0 Å². The first-order valence-corrected chi connectivity index (χ1v) is 5.35. The minimum atomic E-state index is -0.549. The van der Waals surface area contributed by atoms with Gasteiger partial charge in [0.05, 0.1) is 7.11 Å². The molecule has 0 spiro atoms. The summed E-state index contributed by atoms with van der Waals surface area (Å²) < 4.78 is 22.9. The highest BCUT2D eigenvalue weighted by molar-refractivity contribution is 5.97. The van der Waals surface area contributed by atoms with Crippen molar-refractivity contribution in [1.82, 2.24) is 5.16 Å². The fraction of sp³-hybridized carbons (Fsp3) is 0.231. The van der Waals surface area contributed by atoms with E-state index in [0.29, 0.717) is 17.0 Å². The SMILES string of the molecule is COC(=O)c1c(-c2cc(F)ccc2C)noc1C. The molecule has 0 bridgehead atoms. The fourth-order valence-electron chi connectivity index (χ4n) is 1.75. The van der Waals surface area contributed by atoms with Gasteiger partial charge in [-0.25, -0.2) is 9.18 Å². The number of rotatable bonds is 2. The molecule has 0 fully saturated rings. The van der Waals surface area contributed by atoms with Crippen molar-refractivity contribution in [3.8, 4) is 11.3 Å². The summed E-state index contributed by atoms with van der Waals surface area (Å²) in [5, 5.41) is 3.81. The average molecular weight is 249 g/mol. The molecule has 18 heavy (non-hydrogen) atoms. The highest BCUT2D eigenvalue weighted by atomic mass is 19.1. The second-order valence-corrected chi connectivity index (χ2v) is 3.91. The Morgan fingerprint density at radius 3 is 2.78 bits per heavy atom. The Morgan fingerprint density at radius 2 is 2.11 bits per heavy atom. The van der Waals surface area contributed by atoms with Gasteiger partial charge in [0.15, 0.2) is 0 Å². The molecule has 0 radical (unpaired) electrons. The molecule has 4 nitrogen and oxygen atoms in total. The van der Waals surface area contributed by atoms with E-state index < -0.39 is 11.8 Å². The molecule has 0 N–H and O–H groups in total. The van der Waals surface area contributed by atoms with Gasteiger partial charge < -0.3 is 9.26 Å². The van der Waals surface area contributed by atoms with Gasteiger partial charge in [0.25, 0.3) is 0 Å². The molecule has 0 saturated carbocycles. The monoisotopic (exact) mass is 249 g/mol. The third-order valence-corrected chi connectivity index (χ3v) is 2.71. The fourth-order valence-corrected chi connectivity index (χ4v) is 1.75. The second-order valence-electron chi connectivity index (χ2n) is 3.91. The third kappa shape index (κ3) is 1.99.